The zero-order valence-electron chi connectivity index (χ0n) is 15.6. The highest BCUT2D eigenvalue weighted by Gasteiger charge is 2.74. The van der Waals surface area contributed by atoms with Gasteiger partial charge in [0.15, 0.2) is 0 Å². The lowest BCUT2D eigenvalue weighted by molar-refractivity contribution is -0.145. The van der Waals surface area contributed by atoms with E-state index in [-0.39, 0.29) is 10.4 Å². The van der Waals surface area contributed by atoms with Gasteiger partial charge in [-0.2, -0.15) is 0 Å². The minimum atomic E-state index is -0.963. The van der Waals surface area contributed by atoms with Crippen LogP contribution < -0.4 is 4.74 Å². The number of ether oxygens (including phenoxy) is 1. The number of aliphatic carboxylic acids is 1. The van der Waals surface area contributed by atoms with Gasteiger partial charge in [-0.1, -0.05) is 55.1 Å². The monoisotopic (exact) mass is 414 g/mol. The molecule has 1 saturated carbocycles. The van der Waals surface area contributed by atoms with Crippen molar-refractivity contribution in [2.45, 2.75) is 20.3 Å². The Hall–Kier alpha value is -2.41. The molecule has 0 amide bonds. The third kappa shape index (κ3) is 3.63. The van der Waals surface area contributed by atoms with Gasteiger partial charge in [-0.15, -0.1) is 6.42 Å². The van der Waals surface area contributed by atoms with Crippen molar-refractivity contribution in [2.24, 2.45) is 16.7 Å². The molecule has 2 aromatic carbocycles. The number of halogens is 2. The van der Waals surface area contributed by atoms with Crippen LogP contribution in [0.1, 0.15) is 25.0 Å². The van der Waals surface area contributed by atoms with Crippen molar-refractivity contribution in [1.82, 2.24) is 0 Å². The number of hydrogen-bond acceptors (Lipinski definition) is 2. The zero-order chi connectivity index (χ0) is 20.5. The van der Waals surface area contributed by atoms with E-state index in [4.69, 9.17) is 34.4 Å². The number of carboxylic acids is 1. The number of carboxylic acid groups (broad SMARTS) is 1. The van der Waals surface area contributed by atoms with Crippen LogP contribution >= 0.6 is 23.2 Å². The maximum Gasteiger partial charge on any atom is 0.311 e. The standard InChI is InChI=1S/C23H20Cl2O3/c1-4-15-8-10-17(11-9-15)28-18-7-5-6-16(12-18)14-23(21(26)27)19(13-20(24)25)22(23,2)3/h1,5-13,19H,14H2,2-3H3,(H,26,27). The third-order valence-electron chi connectivity index (χ3n) is 5.69. The van der Waals surface area contributed by atoms with Crippen LogP contribution in [-0.4, -0.2) is 11.1 Å². The molecule has 0 bridgehead atoms. The molecule has 0 aromatic heterocycles. The highest BCUT2D eigenvalue weighted by atomic mass is 35.5. The average molecular weight is 415 g/mol. The van der Waals surface area contributed by atoms with E-state index in [0.717, 1.165) is 11.1 Å². The van der Waals surface area contributed by atoms with Gasteiger partial charge < -0.3 is 9.84 Å². The quantitative estimate of drug-likeness (QED) is 0.585. The summed E-state index contributed by atoms with van der Waals surface area (Å²) in [5.74, 6) is 2.75. The summed E-state index contributed by atoms with van der Waals surface area (Å²) in [7, 11) is 0. The third-order valence-corrected chi connectivity index (χ3v) is 5.94. The van der Waals surface area contributed by atoms with Crippen molar-refractivity contribution in [3.8, 4) is 23.8 Å². The molecule has 2 aromatic rings. The Balaban J connectivity index is 1.84. The average Bonchev–Trinajstić information content (AvgIpc) is 3.10. The van der Waals surface area contributed by atoms with Crippen molar-refractivity contribution in [3.63, 3.8) is 0 Å². The summed E-state index contributed by atoms with van der Waals surface area (Å²) in [5.41, 5.74) is 0.220. The molecule has 0 aliphatic heterocycles. The van der Waals surface area contributed by atoms with Gasteiger partial charge in [-0.25, -0.2) is 0 Å². The van der Waals surface area contributed by atoms with Crippen molar-refractivity contribution < 1.29 is 14.6 Å². The van der Waals surface area contributed by atoms with Crippen molar-refractivity contribution in [1.29, 1.82) is 0 Å². The molecule has 2 atom stereocenters. The number of allylic oxidation sites excluding steroid dienone is 1. The molecular weight excluding hydrogens is 395 g/mol. The summed E-state index contributed by atoms with van der Waals surface area (Å²) < 4.78 is 5.98. The Labute approximate surface area is 174 Å². The van der Waals surface area contributed by atoms with Gasteiger partial charge in [0, 0.05) is 11.5 Å². The first kappa shape index (κ1) is 20.3. The van der Waals surface area contributed by atoms with Crippen LogP contribution in [0.15, 0.2) is 59.1 Å². The lowest BCUT2D eigenvalue weighted by Crippen LogP contribution is -2.24. The van der Waals surface area contributed by atoms with Gasteiger partial charge in [0.05, 0.1) is 5.41 Å². The van der Waals surface area contributed by atoms with Crippen LogP contribution in [0.3, 0.4) is 0 Å². The topological polar surface area (TPSA) is 46.5 Å². The summed E-state index contributed by atoms with van der Waals surface area (Å²) >= 11 is 11.6. The maximum absolute atomic E-state index is 12.2. The number of rotatable bonds is 6. The molecule has 144 valence electrons. The Morgan fingerprint density at radius 1 is 1.21 bits per heavy atom. The summed E-state index contributed by atoms with van der Waals surface area (Å²) in [5, 5.41) is 9.98. The number of carbonyl (C=O) groups is 1. The van der Waals surface area contributed by atoms with E-state index in [1.807, 2.05) is 38.1 Å². The second kappa shape index (κ2) is 7.54. The van der Waals surface area contributed by atoms with Crippen LogP contribution in [0.2, 0.25) is 0 Å². The van der Waals surface area contributed by atoms with E-state index in [1.165, 1.54) is 0 Å². The molecule has 3 nitrogen and oxygen atoms in total. The second-order valence-corrected chi connectivity index (χ2v) is 8.54. The summed E-state index contributed by atoms with van der Waals surface area (Å²) in [4.78, 5) is 12.2. The van der Waals surface area contributed by atoms with Crippen LogP contribution in [0.4, 0.5) is 0 Å². The van der Waals surface area contributed by atoms with Gasteiger partial charge in [0.25, 0.3) is 0 Å². The molecule has 0 radical (unpaired) electrons. The van der Waals surface area contributed by atoms with E-state index < -0.39 is 16.8 Å². The normalized spacial score (nSPS) is 22.0. The molecule has 28 heavy (non-hydrogen) atoms. The molecule has 0 saturated heterocycles. The van der Waals surface area contributed by atoms with Gasteiger partial charge in [-0.3, -0.25) is 4.79 Å². The largest absolute Gasteiger partial charge is 0.481 e. The fourth-order valence-corrected chi connectivity index (χ4v) is 4.24. The van der Waals surface area contributed by atoms with Crippen molar-refractivity contribution >= 4 is 29.2 Å². The molecule has 1 aliphatic rings. The van der Waals surface area contributed by atoms with Crippen LogP contribution in [0.5, 0.6) is 11.5 Å². The van der Waals surface area contributed by atoms with E-state index in [1.54, 1.807) is 30.3 Å². The van der Waals surface area contributed by atoms with Crippen molar-refractivity contribution in [2.75, 3.05) is 0 Å². The number of hydrogen-bond donors (Lipinski definition) is 1. The lowest BCUT2D eigenvalue weighted by atomic mass is 9.88. The zero-order valence-corrected chi connectivity index (χ0v) is 17.1. The predicted molar refractivity (Wildman–Crippen MR) is 112 cm³/mol. The minimum absolute atomic E-state index is 0.0914. The van der Waals surface area contributed by atoms with Gasteiger partial charge >= 0.3 is 5.97 Å². The molecular formula is C23H20Cl2O3. The molecule has 3 rings (SSSR count). The SMILES string of the molecule is C#Cc1ccc(Oc2cccc(CC3(C(=O)O)C(C=C(Cl)Cl)C3(C)C)c2)cc1. The van der Waals surface area contributed by atoms with Crippen molar-refractivity contribution in [3.05, 3.63) is 70.2 Å². The first-order valence-corrected chi connectivity index (χ1v) is 9.56. The van der Waals surface area contributed by atoms with Crippen LogP contribution in [0.25, 0.3) is 0 Å². The Bertz CT molecular complexity index is 966. The molecule has 1 fully saturated rings. The lowest BCUT2D eigenvalue weighted by Gasteiger charge is -2.16. The first-order valence-electron chi connectivity index (χ1n) is 8.80. The van der Waals surface area contributed by atoms with E-state index >= 15 is 0 Å². The molecule has 2 unspecified atom stereocenters. The number of terminal acetylenes is 1. The summed E-state index contributed by atoms with van der Waals surface area (Å²) in [6.07, 6.45) is 7.35. The minimum Gasteiger partial charge on any atom is -0.481 e. The fraction of sp³-hybridized carbons (Fsp3) is 0.261. The summed E-state index contributed by atoms with van der Waals surface area (Å²) in [6.45, 7) is 3.85. The van der Waals surface area contributed by atoms with Gasteiger partial charge in [0.1, 0.15) is 16.0 Å². The first-order chi connectivity index (χ1) is 13.2. The highest BCUT2D eigenvalue weighted by Crippen LogP contribution is 2.71. The molecule has 1 N–H and O–H groups in total. The van der Waals surface area contributed by atoms with E-state index in [9.17, 15) is 9.90 Å². The molecule has 0 heterocycles. The second-order valence-electron chi connectivity index (χ2n) is 7.53. The molecule has 5 heteroatoms. The molecule has 1 aliphatic carbocycles. The summed E-state index contributed by atoms with van der Waals surface area (Å²) in [6, 6.07) is 14.6. The van der Waals surface area contributed by atoms with E-state index in [2.05, 4.69) is 5.92 Å². The predicted octanol–water partition coefficient (Wildman–Crippen LogP) is 6.05. The smallest absolute Gasteiger partial charge is 0.311 e. The van der Waals surface area contributed by atoms with Gasteiger partial charge in [0.2, 0.25) is 0 Å². The Morgan fingerprint density at radius 3 is 2.46 bits per heavy atom. The Kier molecular flexibility index (Phi) is 5.48. The van der Waals surface area contributed by atoms with E-state index in [0.29, 0.717) is 17.9 Å². The maximum atomic E-state index is 12.2. The van der Waals surface area contributed by atoms with Crippen LogP contribution in [0, 0.1) is 29.1 Å². The fourth-order valence-electron chi connectivity index (χ4n) is 3.99. The van der Waals surface area contributed by atoms with Gasteiger partial charge in [-0.05, 0) is 59.9 Å². The molecule has 0 spiro atoms. The number of benzene rings is 2. The Morgan fingerprint density at radius 2 is 1.89 bits per heavy atom. The highest BCUT2D eigenvalue weighted by molar-refractivity contribution is 6.55. The van der Waals surface area contributed by atoms with Crippen LogP contribution in [-0.2, 0) is 11.2 Å².